The second-order valence-corrected chi connectivity index (χ2v) is 3.78. The van der Waals surface area contributed by atoms with Crippen molar-refractivity contribution in [1.82, 2.24) is 4.57 Å². The number of hydrogen-bond acceptors (Lipinski definition) is 4. The first-order chi connectivity index (χ1) is 8.65. The van der Waals surface area contributed by atoms with E-state index in [1.165, 1.54) is 12.1 Å². The third-order valence-electron chi connectivity index (χ3n) is 2.34. The number of nitrogens with zero attached hydrogens (tertiary/aromatic N) is 3. The van der Waals surface area contributed by atoms with Crippen LogP contribution in [0.3, 0.4) is 0 Å². The van der Waals surface area contributed by atoms with Crippen LogP contribution in [0.4, 0.5) is 11.4 Å². The van der Waals surface area contributed by atoms with Crippen LogP contribution < -0.4 is 5.43 Å². The zero-order chi connectivity index (χ0) is 13.0. The molecule has 0 unspecified atom stereocenters. The van der Waals surface area contributed by atoms with Gasteiger partial charge in [-0.1, -0.05) is 0 Å². The highest BCUT2D eigenvalue weighted by Crippen LogP contribution is 2.15. The molecule has 6 heteroatoms. The number of non-ortho nitro benzene ring substituents is 1. The molecular formula is C12H12N4O2. The second kappa shape index (κ2) is 5.13. The number of nitro groups is 1. The van der Waals surface area contributed by atoms with E-state index in [-0.39, 0.29) is 5.69 Å². The Balaban J connectivity index is 1.98. The highest BCUT2D eigenvalue weighted by molar-refractivity contribution is 5.79. The fraction of sp³-hybridized carbons (Fsp3) is 0.0833. The number of hydrogen-bond donors (Lipinski definition) is 1. The molecule has 0 fully saturated rings. The molecule has 2 rings (SSSR count). The lowest BCUT2D eigenvalue weighted by molar-refractivity contribution is -0.384. The van der Waals surface area contributed by atoms with Crippen molar-refractivity contribution in [2.24, 2.45) is 12.1 Å². The Morgan fingerprint density at radius 2 is 2.06 bits per heavy atom. The largest absolute Gasteiger partial charge is 0.357 e. The fourth-order valence-corrected chi connectivity index (χ4v) is 1.44. The van der Waals surface area contributed by atoms with Crippen LogP contribution in [0.2, 0.25) is 0 Å². The van der Waals surface area contributed by atoms with Crippen LogP contribution in [0, 0.1) is 10.1 Å². The molecule has 0 saturated carbocycles. The first kappa shape index (κ1) is 11.8. The predicted molar refractivity (Wildman–Crippen MR) is 69.7 cm³/mol. The quantitative estimate of drug-likeness (QED) is 0.510. The molecule has 6 nitrogen and oxygen atoms in total. The zero-order valence-corrected chi connectivity index (χ0v) is 9.78. The van der Waals surface area contributed by atoms with Gasteiger partial charge in [0.25, 0.3) is 5.69 Å². The van der Waals surface area contributed by atoms with Gasteiger partial charge in [-0.3, -0.25) is 15.5 Å². The van der Waals surface area contributed by atoms with Crippen molar-refractivity contribution < 1.29 is 4.92 Å². The summed E-state index contributed by atoms with van der Waals surface area (Å²) < 4.78 is 1.92. The highest BCUT2D eigenvalue weighted by atomic mass is 16.6. The SMILES string of the molecule is Cn1ccc(/C=N\Nc2ccc([N+](=O)[O-])cc2)c1. The molecule has 0 amide bonds. The molecule has 0 radical (unpaired) electrons. The summed E-state index contributed by atoms with van der Waals surface area (Å²) in [7, 11) is 1.93. The van der Waals surface area contributed by atoms with Crippen LogP contribution in [0.15, 0.2) is 47.8 Å². The number of hydrazone groups is 1. The number of anilines is 1. The van der Waals surface area contributed by atoms with Gasteiger partial charge >= 0.3 is 0 Å². The van der Waals surface area contributed by atoms with Crippen LogP contribution in [0.1, 0.15) is 5.56 Å². The van der Waals surface area contributed by atoms with E-state index in [1.54, 1.807) is 18.3 Å². The van der Waals surface area contributed by atoms with E-state index in [4.69, 9.17) is 0 Å². The Kier molecular flexibility index (Phi) is 3.38. The van der Waals surface area contributed by atoms with Gasteiger partial charge in [-0.2, -0.15) is 5.10 Å². The maximum atomic E-state index is 10.5. The predicted octanol–water partition coefficient (Wildman–Crippen LogP) is 2.38. The van der Waals surface area contributed by atoms with Gasteiger partial charge in [0.2, 0.25) is 0 Å². The maximum absolute atomic E-state index is 10.5. The molecule has 0 aliphatic carbocycles. The van der Waals surface area contributed by atoms with Gasteiger partial charge < -0.3 is 4.57 Å². The molecule has 0 aliphatic rings. The van der Waals surface area contributed by atoms with Gasteiger partial charge in [0.05, 0.1) is 16.8 Å². The van der Waals surface area contributed by atoms with Gasteiger partial charge in [-0.05, 0) is 18.2 Å². The number of aromatic nitrogens is 1. The van der Waals surface area contributed by atoms with Crippen LogP contribution in [0.25, 0.3) is 0 Å². The Hall–Kier alpha value is -2.63. The Morgan fingerprint density at radius 1 is 1.33 bits per heavy atom. The van der Waals surface area contributed by atoms with Crippen LogP contribution in [-0.4, -0.2) is 15.7 Å². The molecule has 0 bridgehead atoms. The van der Waals surface area contributed by atoms with Crippen molar-refractivity contribution in [3.05, 3.63) is 58.4 Å². The lowest BCUT2D eigenvalue weighted by atomic mass is 10.3. The summed E-state index contributed by atoms with van der Waals surface area (Å²) in [6.07, 6.45) is 5.54. The lowest BCUT2D eigenvalue weighted by Crippen LogP contribution is -1.91. The van der Waals surface area contributed by atoms with E-state index in [2.05, 4.69) is 10.5 Å². The average Bonchev–Trinajstić information content (AvgIpc) is 2.76. The van der Waals surface area contributed by atoms with Crippen LogP contribution in [-0.2, 0) is 7.05 Å². The smallest absolute Gasteiger partial charge is 0.269 e. The van der Waals surface area contributed by atoms with Crippen LogP contribution in [0.5, 0.6) is 0 Å². The molecule has 1 N–H and O–H groups in total. The van der Waals surface area contributed by atoms with E-state index in [0.29, 0.717) is 5.69 Å². The Morgan fingerprint density at radius 3 is 2.61 bits per heavy atom. The van der Waals surface area contributed by atoms with E-state index in [1.807, 2.05) is 30.1 Å². The summed E-state index contributed by atoms with van der Waals surface area (Å²) >= 11 is 0. The molecule has 0 saturated heterocycles. The van der Waals surface area contributed by atoms with E-state index in [0.717, 1.165) is 5.56 Å². The topological polar surface area (TPSA) is 72.5 Å². The van der Waals surface area contributed by atoms with Gasteiger partial charge in [0.15, 0.2) is 0 Å². The third kappa shape index (κ3) is 2.94. The standard InChI is InChI=1S/C12H12N4O2/c1-15-7-6-10(9-15)8-13-14-11-2-4-12(5-3-11)16(17)18/h2-9,14H,1H3/b13-8-. The Bertz CT molecular complexity index is 572. The minimum atomic E-state index is -0.434. The molecular weight excluding hydrogens is 232 g/mol. The minimum absolute atomic E-state index is 0.0626. The number of rotatable bonds is 4. The molecule has 0 spiro atoms. The highest BCUT2D eigenvalue weighted by Gasteiger charge is 2.02. The number of nitrogens with one attached hydrogen (secondary N) is 1. The summed E-state index contributed by atoms with van der Waals surface area (Å²) in [4.78, 5) is 10.0. The second-order valence-electron chi connectivity index (χ2n) is 3.78. The van der Waals surface area contributed by atoms with Crippen molar-refractivity contribution >= 4 is 17.6 Å². The molecule has 92 valence electrons. The van der Waals surface area contributed by atoms with E-state index in [9.17, 15) is 10.1 Å². The molecule has 0 atom stereocenters. The average molecular weight is 244 g/mol. The first-order valence-corrected chi connectivity index (χ1v) is 5.30. The normalized spacial score (nSPS) is 10.7. The summed E-state index contributed by atoms with van der Waals surface area (Å²) in [5, 5.41) is 14.5. The van der Waals surface area contributed by atoms with Crippen molar-refractivity contribution in [2.45, 2.75) is 0 Å². The first-order valence-electron chi connectivity index (χ1n) is 5.30. The summed E-state index contributed by atoms with van der Waals surface area (Å²) in [6, 6.07) is 8.02. The number of nitro benzene ring substituents is 1. The van der Waals surface area contributed by atoms with E-state index < -0.39 is 4.92 Å². The monoisotopic (exact) mass is 244 g/mol. The van der Waals surface area contributed by atoms with Gasteiger partial charge in [-0.25, -0.2) is 0 Å². The van der Waals surface area contributed by atoms with E-state index >= 15 is 0 Å². The van der Waals surface area contributed by atoms with Gasteiger partial charge in [0.1, 0.15) is 0 Å². The third-order valence-corrected chi connectivity index (χ3v) is 2.34. The maximum Gasteiger partial charge on any atom is 0.269 e. The summed E-state index contributed by atoms with van der Waals surface area (Å²) in [6.45, 7) is 0. The lowest BCUT2D eigenvalue weighted by Gasteiger charge is -1.98. The van der Waals surface area contributed by atoms with Crippen molar-refractivity contribution in [2.75, 3.05) is 5.43 Å². The van der Waals surface area contributed by atoms with Crippen molar-refractivity contribution in [3.63, 3.8) is 0 Å². The summed E-state index contributed by atoms with van der Waals surface area (Å²) in [5.41, 5.74) is 4.55. The van der Waals surface area contributed by atoms with Crippen LogP contribution >= 0.6 is 0 Å². The molecule has 1 heterocycles. The van der Waals surface area contributed by atoms with Gasteiger partial charge in [-0.15, -0.1) is 0 Å². The van der Waals surface area contributed by atoms with Crippen molar-refractivity contribution in [3.8, 4) is 0 Å². The molecule has 1 aromatic heterocycles. The van der Waals surface area contributed by atoms with Gasteiger partial charge in [0, 0.05) is 37.1 Å². The summed E-state index contributed by atoms with van der Waals surface area (Å²) in [5.74, 6) is 0. The zero-order valence-electron chi connectivity index (χ0n) is 9.78. The molecule has 18 heavy (non-hydrogen) atoms. The minimum Gasteiger partial charge on any atom is -0.357 e. The molecule has 2 aromatic rings. The fourth-order valence-electron chi connectivity index (χ4n) is 1.44. The number of aryl methyl sites for hydroxylation is 1. The molecule has 0 aliphatic heterocycles. The molecule has 1 aromatic carbocycles. The van der Waals surface area contributed by atoms with Crippen molar-refractivity contribution in [1.29, 1.82) is 0 Å². The number of benzene rings is 1. The Labute approximate surface area is 104 Å².